The van der Waals surface area contributed by atoms with Crippen LogP contribution in [-0.2, 0) is 36.9 Å². The topological polar surface area (TPSA) is 76.2 Å². The molecule has 1 fully saturated rings. The first-order valence-electron chi connectivity index (χ1n) is 9.34. The van der Waals surface area contributed by atoms with Gasteiger partial charge in [0.15, 0.2) is 0 Å². The van der Waals surface area contributed by atoms with Gasteiger partial charge in [-0.25, -0.2) is 8.42 Å². The third-order valence-electron chi connectivity index (χ3n) is 4.29. The van der Waals surface area contributed by atoms with E-state index in [9.17, 15) is 26.4 Å². The van der Waals surface area contributed by atoms with Crippen LogP contribution >= 0.6 is 0 Å². The first-order chi connectivity index (χ1) is 13.4. The zero-order valence-electron chi connectivity index (χ0n) is 16.7. The number of carbonyl (C=O) groups is 1. The van der Waals surface area contributed by atoms with Crippen LogP contribution < -0.4 is 0 Å². The number of hydrogen-bond acceptors (Lipinski definition) is 5. The predicted molar refractivity (Wildman–Crippen MR) is 99.7 cm³/mol. The van der Waals surface area contributed by atoms with E-state index in [1.165, 1.54) is 13.1 Å². The van der Waals surface area contributed by atoms with E-state index >= 15 is 0 Å². The van der Waals surface area contributed by atoms with Crippen molar-refractivity contribution in [1.29, 1.82) is 0 Å². The van der Waals surface area contributed by atoms with Gasteiger partial charge in [0, 0.05) is 20.0 Å². The molecule has 0 amide bonds. The Morgan fingerprint density at radius 2 is 1.97 bits per heavy atom. The van der Waals surface area contributed by atoms with Gasteiger partial charge in [-0.1, -0.05) is 13.8 Å². The lowest BCUT2D eigenvalue weighted by molar-refractivity contribution is -0.144. The summed E-state index contributed by atoms with van der Waals surface area (Å²) in [7, 11) is -2.79. The van der Waals surface area contributed by atoms with Crippen molar-refractivity contribution in [1.82, 2.24) is 4.31 Å². The molecule has 1 saturated heterocycles. The number of carbonyl (C=O) groups excluding carboxylic acids is 1. The Kier molecular flexibility index (Phi) is 7.69. The van der Waals surface area contributed by atoms with E-state index in [1.54, 1.807) is 0 Å². The Hall–Kier alpha value is -1.65. The Morgan fingerprint density at radius 3 is 2.52 bits per heavy atom. The second-order valence-electron chi connectivity index (χ2n) is 7.53. The van der Waals surface area contributed by atoms with Crippen LogP contribution in [0.25, 0.3) is 0 Å². The number of aryl methyl sites for hydroxylation is 1. The molecule has 29 heavy (non-hydrogen) atoms. The third-order valence-corrected chi connectivity index (χ3v) is 6.09. The smallest absolute Gasteiger partial charge is 0.416 e. The van der Waals surface area contributed by atoms with Gasteiger partial charge in [0.25, 0.3) is 0 Å². The zero-order valence-corrected chi connectivity index (χ0v) is 17.5. The van der Waals surface area contributed by atoms with Crippen LogP contribution in [0.5, 0.6) is 0 Å². The van der Waals surface area contributed by atoms with Crippen molar-refractivity contribution in [2.75, 3.05) is 26.8 Å². The summed E-state index contributed by atoms with van der Waals surface area (Å²) in [4.78, 5) is 11.2. The molecule has 0 aromatic heterocycles. The summed E-state index contributed by atoms with van der Waals surface area (Å²) in [6.07, 6.45) is -4.49. The molecule has 0 radical (unpaired) electrons. The largest absolute Gasteiger partial charge is 0.465 e. The molecule has 0 unspecified atom stereocenters. The summed E-state index contributed by atoms with van der Waals surface area (Å²) in [6.45, 7) is 4.58. The first-order valence-corrected chi connectivity index (χ1v) is 10.8. The van der Waals surface area contributed by atoms with Gasteiger partial charge in [0.05, 0.1) is 29.8 Å². The molecule has 1 heterocycles. The van der Waals surface area contributed by atoms with Crippen LogP contribution in [0.4, 0.5) is 13.2 Å². The molecule has 1 aliphatic rings. The Morgan fingerprint density at radius 1 is 1.31 bits per heavy atom. The van der Waals surface area contributed by atoms with Crippen LogP contribution in [0.15, 0.2) is 23.1 Å². The first kappa shape index (κ1) is 23.6. The molecule has 10 heteroatoms. The number of sulfonamides is 1. The van der Waals surface area contributed by atoms with Gasteiger partial charge >= 0.3 is 12.1 Å². The van der Waals surface area contributed by atoms with Crippen molar-refractivity contribution >= 4 is 16.0 Å². The van der Waals surface area contributed by atoms with Gasteiger partial charge in [0.1, 0.15) is 0 Å². The van der Waals surface area contributed by atoms with Gasteiger partial charge < -0.3 is 9.47 Å². The van der Waals surface area contributed by atoms with E-state index in [1.807, 2.05) is 13.8 Å². The van der Waals surface area contributed by atoms with Crippen LogP contribution in [0.1, 0.15) is 37.8 Å². The molecular formula is C19H26F3NO5S. The zero-order chi connectivity index (χ0) is 21.8. The number of likely N-dealkylation sites (N-methyl/N-ethyl adjacent to an activating group) is 1. The second kappa shape index (κ2) is 9.44. The Bertz CT molecular complexity index is 820. The van der Waals surface area contributed by atoms with Crippen molar-refractivity contribution < 1.29 is 35.9 Å². The quantitative estimate of drug-likeness (QED) is 0.415. The number of esters is 1. The van der Waals surface area contributed by atoms with E-state index in [0.29, 0.717) is 12.7 Å². The lowest BCUT2D eigenvalue weighted by Gasteiger charge is -2.18. The maximum absolute atomic E-state index is 13.3. The number of epoxide rings is 1. The fraction of sp³-hybridized carbons (Fsp3) is 0.632. The highest BCUT2D eigenvalue weighted by atomic mass is 32.2. The fourth-order valence-electron chi connectivity index (χ4n) is 2.62. The Balaban J connectivity index is 2.15. The molecule has 0 bridgehead atoms. The maximum atomic E-state index is 13.3. The van der Waals surface area contributed by atoms with Gasteiger partial charge in [-0.05, 0) is 42.5 Å². The molecule has 1 aromatic carbocycles. The number of alkyl halides is 3. The number of ether oxygens (including phenoxy) is 2. The molecule has 1 aromatic rings. The van der Waals surface area contributed by atoms with Crippen molar-refractivity contribution in [2.24, 2.45) is 5.92 Å². The highest BCUT2D eigenvalue weighted by molar-refractivity contribution is 7.89. The van der Waals surface area contributed by atoms with Crippen LogP contribution in [0, 0.1) is 5.92 Å². The highest BCUT2D eigenvalue weighted by Crippen LogP contribution is 2.33. The number of benzene rings is 1. The molecule has 0 saturated carbocycles. The molecule has 2 rings (SSSR count). The minimum absolute atomic E-state index is 0.0456. The van der Waals surface area contributed by atoms with Crippen molar-refractivity contribution in [3.63, 3.8) is 0 Å². The van der Waals surface area contributed by atoms with E-state index in [-0.39, 0.29) is 50.0 Å². The second-order valence-corrected chi connectivity index (χ2v) is 9.58. The van der Waals surface area contributed by atoms with E-state index in [2.05, 4.69) is 0 Å². The summed E-state index contributed by atoms with van der Waals surface area (Å²) >= 11 is 0. The van der Waals surface area contributed by atoms with Crippen molar-refractivity contribution in [2.45, 2.75) is 50.3 Å². The molecule has 1 atom stereocenters. The fourth-order valence-corrected chi connectivity index (χ4v) is 3.92. The van der Waals surface area contributed by atoms with Gasteiger partial charge in [-0.3, -0.25) is 4.79 Å². The molecule has 0 aliphatic carbocycles. The van der Waals surface area contributed by atoms with E-state index in [4.69, 9.17) is 9.47 Å². The van der Waals surface area contributed by atoms with Crippen LogP contribution in [0.3, 0.4) is 0 Å². The number of hydrogen-bond donors (Lipinski definition) is 0. The van der Waals surface area contributed by atoms with Crippen molar-refractivity contribution in [3.8, 4) is 0 Å². The van der Waals surface area contributed by atoms with Crippen LogP contribution in [-0.4, -0.2) is 51.6 Å². The lowest BCUT2D eigenvalue weighted by atomic mass is 10.0. The minimum atomic E-state index is -4.69. The predicted octanol–water partition coefficient (Wildman–Crippen LogP) is 3.25. The summed E-state index contributed by atoms with van der Waals surface area (Å²) < 4.78 is 76.2. The molecule has 6 nitrogen and oxygen atoms in total. The van der Waals surface area contributed by atoms with Crippen LogP contribution in [0.2, 0.25) is 0 Å². The van der Waals surface area contributed by atoms with Crippen molar-refractivity contribution in [3.05, 3.63) is 29.3 Å². The summed E-state index contributed by atoms with van der Waals surface area (Å²) in [5.74, 6) is -0.240. The molecule has 1 aliphatic heterocycles. The molecule has 164 valence electrons. The standard InChI is InChI=1S/C19H26F3NO5S/c1-13(2)11-28-18(24)6-4-5-14-7-15(19(20,21)22)9-17(8-14)29(25,26)23(3)10-16-12-27-16/h7-9,13,16H,4-6,10-12H2,1-3H3/t16-/m0/s1. The third kappa shape index (κ3) is 7.27. The summed E-state index contributed by atoms with van der Waals surface area (Å²) in [5, 5.41) is 0. The van der Waals surface area contributed by atoms with Gasteiger partial charge in [0.2, 0.25) is 10.0 Å². The average molecular weight is 437 g/mol. The number of nitrogens with zero attached hydrogens (tertiary/aromatic N) is 1. The molecule has 0 spiro atoms. The number of halogens is 3. The monoisotopic (exact) mass is 437 g/mol. The Labute approximate surface area is 169 Å². The highest BCUT2D eigenvalue weighted by Gasteiger charge is 2.35. The van der Waals surface area contributed by atoms with Gasteiger partial charge in [-0.15, -0.1) is 0 Å². The average Bonchev–Trinajstić information content (AvgIpc) is 3.43. The number of rotatable bonds is 10. The SMILES string of the molecule is CC(C)COC(=O)CCCc1cc(C(F)(F)F)cc(S(=O)(=O)N(C)C[C@H]2CO2)c1. The van der Waals surface area contributed by atoms with E-state index in [0.717, 1.165) is 10.4 Å². The molecule has 0 N–H and O–H groups in total. The van der Waals surface area contributed by atoms with E-state index < -0.39 is 32.6 Å². The maximum Gasteiger partial charge on any atom is 0.416 e. The lowest BCUT2D eigenvalue weighted by Crippen LogP contribution is -2.30. The normalized spacial score (nSPS) is 17.0. The summed E-state index contributed by atoms with van der Waals surface area (Å²) in [6, 6.07) is 2.79. The summed E-state index contributed by atoms with van der Waals surface area (Å²) in [5.41, 5.74) is -0.835. The van der Waals surface area contributed by atoms with Gasteiger partial charge in [-0.2, -0.15) is 17.5 Å². The minimum Gasteiger partial charge on any atom is -0.465 e. The molecular weight excluding hydrogens is 411 g/mol.